The molecule has 4 saturated heterocycles. The van der Waals surface area contributed by atoms with Crippen LogP contribution in [-0.2, 0) is 28.8 Å². The average molecular weight is 659 g/mol. The monoisotopic (exact) mass is 658 g/mol. The van der Waals surface area contributed by atoms with Crippen LogP contribution in [0.15, 0.2) is 0 Å². The Bertz CT molecular complexity index is 1210. The lowest BCUT2D eigenvalue weighted by Gasteiger charge is -2.63. The normalized spacial score (nSPS) is 57.2. The van der Waals surface area contributed by atoms with Crippen molar-refractivity contribution in [3.8, 4) is 0 Å². The van der Waals surface area contributed by atoms with Crippen LogP contribution in [0.25, 0.3) is 0 Å². The number of rotatable bonds is 6. The molecule has 1 spiro atoms. The standard InChI is InChI=1S/C39H62O8/c1-21(8-14-33(41)42)27-12-13-30-26-10-9-24-19-25(15-17-36(24,4)31(26)20-32(40)38(27,30)6)43-34-23(3)29-11-7-22(2)28-16-18-37(5)45-35(44-34)39(28,29)47-46-37/h21-32,34-35,40H,7-20H2,1-6H3,(H,41,42)/t21-,22-,23-,24-,25-,26+,27-,28+,29+,30+,31+,32+,34+,35?,36+,37-,38-,39-/m1/s1. The van der Waals surface area contributed by atoms with E-state index in [1.54, 1.807) is 0 Å². The Morgan fingerprint density at radius 3 is 2.47 bits per heavy atom. The van der Waals surface area contributed by atoms with Crippen LogP contribution in [0.1, 0.15) is 131 Å². The largest absolute Gasteiger partial charge is 0.481 e. The lowest BCUT2D eigenvalue weighted by atomic mass is 9.43. The van der Waals surface area contributed by atoms with E-state index in [0.29, 0.717) is 53.8 Å². The van der Waals surface area contributed by atoms with E-state index in [-0.39, 0.29) is 47.6 Å². The van der Waals surface area contributed by atoms with Crippen molar-refractivity contribution in [2.75, 3.05) is 0 Å². The van der Waals surface area contributed by atoms with E-state index < -0.39 is 23.6 Å². The molecule has 0 aromatic carbocycles. The van der Waals surface area contributed by atoms with Gasteiger partial charge in [0.15, 0.2) is 18.2 Å². The molecule has 47 heavy (non-hydrogen) atoms. The van der Waals surface area contributed by atoms with Crippen molar-refractivity contribution in [1.29, 1.82) is 0 Å². The molecule has 0 aromatic heterocycles. The van der Waals surface area contributed by atoms with Crippen LogP contribution in [0.2, 0.25) is 0 Å². The maximum absolute atomic E-state index is 12.0. The highest BCUT2D eigenvalue weighted by atomic mass is 17.3. The van der Waals surface area contributed by atoms with Crippen molar-refractivity contribution in [3.63, 3.8) is 0 Å². The number of carboxylic acids is 1. The molecule has 8 heteroatoms. The van der Waals surface area contributed by atoms with Gasteiger partial charge in [-0.05, 0) is 142 Å². The zero-order valence-corrected chi connectivity index (χ0v) is 29.8. The molecule has 2 N–H and O–H groups in total. The molecule has 2 bridgehead atoms. The van der Waals surface area contributed by atoms with Gasteiger partial charge in [-0.2, -0.15) is 0 Å². The van der Waals surface area contributed by atoms with E-state index in [2.05, 4.69) is 34.6 Å². The third-order valence-electron chi connectivity index (χ3n) is 16.7. The third-order valence-corrected chi connectivity index (χ3v) is 16.7. The van der Waals surface area contributed by atoms with Crippen molar-refractivity contribution < 1.29 is 39.0 Å². The molecule has 4 heterocycles. The molecule has 266 valence electrons. The van der Waals surface area contributed by atoms with Crippen molar-refractivity contribution in [3.05, 3.63) is 0 Å². The van der Waals surface area contributed by atoms with E-state index in [9.17, 15) is 15.0 Å². The molecule has 18 atom stereocenters. The van der Waals surface area contributed by atoms with Crippen LogP contribution in [0.3, 0.4) is 0 Å². The van der Waals surface area contributed by atoms with Crippen molar-refractivity contribution in [2.24, 2.45) is 70.0 Å². The van der Waals surface area contributed by atoms with E-state index >= 15 is 0 Å². The molecule has 9 aliphatic rings. The van der Waals surface area contributed by atoms with Gasteiger partial charge in [0.1, 0.15) is 0 Å². The lowest BCUT2D eigenvalue weighted by Crippen LogP contribution is -2.70. The predicted molar refractivity (Wildman–Crippen MR) is 174 cm³/mol. The van der Waals surface area contributed by atoms with Crippen LogP contribution in [0.4, 0.5) is 0 Å². The second kappa shape index (κ2) is 11.6. The number of hydrogen-bond donors (Lipinski definition) is 2. The number of ether oxygens (including phenoxy) is 3. The maximum Gasteiger partial charge on any atom is 0.303 e. The van der Waals surface area contributed by atoms with Gasteiger partial charge in [0, 0.05) is 24.7 Å². The lowest BCUT2D eigenvalue weighted by molar-refractivity contribution is -0.578. The van der Waals surface area contributed by atoms with Gasteiger partial charge in [-0.25, -0.2) is 9.78 Å². The minimum absolute atomic E-state index is 0.102. The maximum atomic E-state index is 12.0. The van der Waals surface area contributed by atoms with Crippen molar-refractivity contribution in [1.82, 2.24) is 0 Å². The fraction of sp³-hybridized carbons (Fsp3) is 0.974. The fourth-order valence-electron chi connectivity index (χ4n) is 14.0. The fourth-order valence-corrected chi connectivity index (χ4v) is 14.0. The summed E-state index contributed by atoms with van der Waals surface area (Å²) in [5.74, 6) is 2.97. The van der Waals surface area contributed by atoms with Gasteiger partial charge >= 0.3 is 5.97 Å². The summed E-state index contributed by atoms with van der Waals surface area (Å²) < 4.78 is 20.4. The number of hydrogen-bond acceptors (Lipinski definition) is 7. The molecule has 0 radical (unpaired) electrons. The molecular formula is C39H62O8. The third kappa shape index (κ3) is 4.91. The summed E-state index contributed by atoms with van der Waals surface area (Å²) in [6, 6.07) is 0. The summed E-state index contributed by atoms with van der Waals surface area (Å²) in [7, 11) is 0. The smallest absolute Gasteiger partial charge is 0.303 e. The van der Waals surface area contributed by atoms with E-state index in [0.717, 1.165) is 51.4 Å². The second-order valence-corrected chi connectivity index (χ2v) is 18.7. The average Bonchev–Trinajstić information content (AvgIpc) is 3.24. The minimum atomic E-state index is -0.773. The summed E-state index contributed by atoms with van der Waals surface area (Å²) in [4.78, 5) is 23.7. The highest BCUT2D eigenvalue weighted by Crippen LogP contribution is 2.69. The zero-order chi connectivity index (χ0) is 33.1. The molecule has 8 nitrogen and oxygen atoms in total. The molecule has 1 unspecified atom stereocenters. The van der Waals surface area contributed by atoms with E-state index in [4.69, 9.17) is 24.0 Å². The molecular weight excluding hydrogens is 596 g/mol. The molecule has 0 amide bonds. The molecule has 9 rings (SSSR count). The predicted octanol–water partition coefficient (Wildman–Crippen LogP) is 7.71. The van der Waals surface area contributed by atoms with Crippen LogP contribution in [0, 0.1) is 70.0 Å². The Labute approximate surface area is 282 Å². The summed E-state index contributed by atoms with van der Waals surface area (Å²) in [6.07, 6.45) is 13.1. The first-order valence-electron chi connectivity index (χ1n) is 19.6. The van der Waals surface area contributed by atoms with Crippen molar-refractivity contribution >= 4 is 5.97 Å². The number of aliphatic carboxylic acids is 1. The quantitative estimate of drug-likeness (QED) is 0.221. The Balaban J connectivity index is 0.956. The van der Waals surface area contributed by atoms with E-state index in [1.165, 1.54) is 25.7 Å². The number of carboxylic acid groups (broad SMARTS) is 1. The van der Waals surface area contributed by atoms with Gasteiger partial charge in [0.2, 0.25) is 5.79 Å². The van der Waals surface area contributed by atoms with Gasteiger partial charge in [0.25, 0.3) is 0 Å². The Morgan fingerprint density at radius 2 is 1.68 bits per heavy atom. The first-order chi connectivity index (χ1) is 22.3. The van der Waals surface area contributed by atoms with Crippen molar-refractivity contribution in [2.45, 2.75) is 168 Å². The first kappa shape index (κ1) is 33.4. The number of carbonyl (C=O) groups is 1. The Morgan fingerprint density at radius 1 is 0.894 bits per heavy atom. The highest BCUT2D eigenvalue weighted by molar-refractivity contribution is 5.66. The topological polar surface area (TPSA) is 104 Å². The first-order valence-corrected chi connectivity index (χ1v) is 19.6. The minimum Gasteiger partial charge on any atom is -0.481 e. The Kier molecular flexibility index (Phi) is 8.26. The van der Waals surface area contributed by atoms with Crippen LogP contribution < -0.4 is 0 Å². The molecule has 5 aliphatic carbocycles. The summed E-state index contributed by atoms with van der Waals surface area (Å²) >= 11 is 0. The molecule has 0 aromatic rings. The van der Waals surface area contributed by atoms with Crippen LogP contribution >= 0.6 is 0 Å². The molecule has 9 fully saturated rings. The Hall–Kier alpha value is -0.770. The van der Waals surface area contributed by atoms with Gasteiger partial charge in [-0.3, -0.25) is 4.79 Å². The SMILES string of the molecule is C[C@H]1[C@@H](O[C@@H]2CC[C@@]3(C)[C@H](CC[C@@H]4[C@@H]3C[C@H](O)[C@]3(C)[C@@H]([C@H](C)CCC(=O)O)CC[C@@H]43)C2)OC2O[C@@]3(C)CC[C@H]4[C@H](C)CC[C@@H]1[C@@]24OO3. The van der Waals surface area contributed by atoms with Crippen LogP contribution in [0.5, 0.6) is 0 Å². The van der Waals surface area contributed by atoms with Gasteiger partial charge in [0.05, 0.1) is 12.2 Å². The zero-order valence-electron chi connectivity index (χ0n) is 29.8. The van der Waals surface area contributed by atoms with Gasteiger partial charge in [-0.1, -0.05) is 34.6 Å². The molecule has 5 saturated carbocycles. The number of aliphatic hydroxyl groups excluding tert-OH is 1. The number of fused-ring (bicyclic) bond motifs is 7. The van der Waals surface area contributed by atoms with Crippen LogP contribution in [-0.4, -0.2) is 52.4 Å². The van der Waals surface area contributed by atoms with Gasteiger partial charge in [-0.15, -0.1) is 0 Å². The second-order valence-electron chi connectivity index (χ2n) is 18.7. The number of aliphatic hydroxyl groups is 1. The van der Waals surface area contributed by atoms with E-state index in [1.807, 2.05) is 6.92 Å². The summed E-state index contributed by atoms with van der Waals surface area (Å²) in [6.45, 7) is 13.8. The summed E-state index contributed by atoms with van der Waals surface area (Å²) in [5, 5.41) is 21.3. The molecule has 4 aliphatic heterocycles. The highest BCUT2D eigenvalue weighted by Gasteiger charge is 2.70. The summed E-state index contributed by atoms with van der Waals surface area (Å²) in [5.41, 5.74) is -0.437. The van der Waals surface area contributed by atoms with Gasteiger partial charge < -0.3 is 24.4 Å².